The molecule has 1 heterocycles. The minimum atomic E-state index is -0.165. The molecule has 0 saturated heterocycles. The number of rotatable bonds is 1. The first kappa shape index (κ1) is 9.98. The minimum Gasteiger partial charge on any atom is -0.341 e. The Kier molecular flexibility index (Phi) is 2.87. The fourth-order valence-electron chi connectivity index (χ4n) is 1.83. The zero-order valence-electron chi connectivity index (χ0n) is 8.76. The van der Waals surface area contributed by atoms with E-state index in [4.69, 9.17) is 0 Å². The molecule has 4 heteroatoms. The Morgan fingerprint density at radius 3 is 3.13 bits per heavy atom. The SMILES string of the molecule is CNC(=O)Nc1cccc2c1CCNC2. The van der Waals surface area contributed by atoms with E-state index in [1.54, 1.807) is 7.05 Å². The van der Waals surface area contributed by atoms with E-state index in [1.165, 1.54) is 11.1 Å². The molecule has 1 aliphatic heterocycles. The van der Waals surface area contributed by atoms with Crippen molar-refractivity contribution >= 4 is 11.7 Å². The van der Waals surface area contributed by atoms with E-state index < -0.39 is 0 Å². The van der Waals surface area contributed by atoms with Crippen molar-refractivity contribution in [2.24, 2.45) is 0 Å². The van der Waals surface area contributed by atoms with Crippen LogP contribution in [-0.2, 0) is 13.0 Å². The quantitative estimate of drug-likeness (QED) is 0.642. The van der Waals surface area contributed by atoms with E-state index >= 15 is 0 Å². The molecular weight excluding hydrogens is 190 g/mol. The molecule has 0 spiro atoms. The third kappa shape index (κ3) is 2.10. The number of hydrogen-bond donors (Lipinski definition) is 3. The van der Waals surface area contributed by atoms with Crippen LogP contribution in [0.4, 0.5) is 10.5 Å². The van der Waals surface area contributed by atoms with Gasteiger partial charge in [0.1, 0.15) is 0 Å². The molecule has 1 aliphatic rings. The fourth-order valence-corrected chi connectivity index (χ4v) is 1.83. The van der Waals surface area contributed by atoms with Gasteiger partial charge in [0.15, 0.2) is 0 Å². The molecule has 80 valence electrons. The molecule has 0 unspecified atom stereocenters. The van der Waals surface area contributed by atoms with Gasteiger partial charge in [-0.3, -0.25) is 0 Å². The summed E-state index contributed by atoms with van der Waals surface area (Å²) in [7, 11) is 1.62. The lowest BCUT2D eigenvalue weighted by atomic mass is 9.99. The standard InChI is InChI=1S/C11H15N3O/c1-12-11(15)14-10-4-2-3-8-7-13-6-5-9(8)10/h2-4,13H,5-7H2,1H3,(H2,12,14,15). The highest BCUT2D eigenvalue weighted by Gasteiger charge is 2.13. The highest BCUT2D eigenvalue weighted by Crippen LogP contribution is 2.22. The fraction of sp³-hybridized carbons (Fsp3) is 0.364. The summed E-state index contributed by atoms with van der Waals surface area (Å²) in [5.74, 6) is 0. The Morgan fingerprint density at radius 2 is 2.33 bits per heavy atom. The van der Waals surface area contributed by atoms with Gasteiger partial charge in [-0.1, -0.05) is 12.1 Å². The molecule has 3 N–H and O–H groups in total. The molecular formula is C11H15N3O. The first-order chi connectivity index (χ1) is 7.31. The first-order valence-corrected chi connectivity index (χ1v) is 5.11. The van der Waals surface area contributed by atoms with E-state index in [0.717, 1.165) is 25.2 Å². The molecule has 0 atom stereocenters. The van der Waals surface area contributed by atoms with Crippen LogP contribution in [-0.4, -0.2) is 19.6 Å². The van der Waals surface area contributed by atoms with Crippen molar-refractivity contribution in [1.82, 2.24) is 10.6 Å². The van der Waals surface area contributed by atoms with Crippen LogP contribution in [0.25, 0.3) is 0 Å². The van der Waals surface area contributed by atoms with Crippen LogP contribution in [0.3, 0.4) is 0 Å². The molecule has 0 aromatic heterocycles. The molecule has 1 aromatic rings. The molecule has 0 saturated carbocycles. The van der Waals surface area contributed by atoms with Crippen LogP contribution in [0.1, 0.15) is 11.1 Å². The van der Waals surface area contributed by atoms with E-state index in [1.807, 2.05) is 12.1 Å². The number of hydrogen-bond acceptors (Lipinski definition) is 2. The summed E-state index contributed by atoms with van der Waals surface area (Å²) in [6.45, 7) is 1.86. The average Bonchev–Trinajstić information content (AvgIpc) is 2.29. The molecule has 0 aliphatic carbocycles. The monoisotopic (exact) mass is 205 g/mol. The van der Waals surface area contributed by atoms with Gasteiger partial charge in [0.25, 0.3) is 0 Å². The first-order valence-electron chi connectivity index (χ1n) is 5.11. The van der Waals surface area contributed by atoms with Gasteiger partial charge in [0.2, 0.25) is 0 Å². The van der Waals surface area contributed by atoms with Crippen molar-refractivity contribution in [2.45, 2.75) is 13.0 Å². The predicted octanol–water partition coefficient (Wildman–Crippen LogP) is 1.08. The maximum Gasteiger partial charge on any atom is 0.318 e. The van der Waals surface area contributed by atoms with Crippen LogP contribution < -0.4 is 16.0 Å². The second kappa shape index (κ2) is 4.31. The van der Waals surface area contributed by atoms with Gasteiger partial charge in [0.05, 0.1) is 0 Å². The maximum atomic E-state index is 11.2. The van der Waals surface area contributed by atoms with E-state index in [9.17, 15) is 4.79 Å². The van der Waals surface area contributed by atoms with Crippen LogP contribution >= 0.6 is 0 Å². The minimum absolute atomic E-state index is 0.165. The Hall–Kier alpha value is -1.55. The third-order valence-corrected chi connectivity index (χ3v) is 2.62. The summed E-state index contributed by atoms with van der Waals surface area (Å²) in [4.78, 5) is 11.2. The summed E-state index contributed by atoms with van der Waals surface area (Å²) >= 11 is 0. The van der Waals surface area contributed by atoms with E-state index in [0.29, 0.717) is 0 Å². The second-order valence-corrected chi connectivity index (χ2v) is 3.57. The highest BCUT2D eigenvalue weighted by molar-refractivity contribution is 5.90. The van der Waals surface area contributed by atoms with Crippen LogP contribution in [0.5, 0.6) is 0 Å². The van der Waals surface area contributed by atoms with Crippen molar-refractivity contribution in [3.05, 3.63) is 29.3 Å². The number of benzene rings is 1. The number of nitrogens with one attached hydrogen (secondary N) is 3. The van der Waals surface area contributed by atoms with Crippen molar-refractivity contribution < 1.29 is 4.79 Å². The largest absolute Gasteiger partial charge is 0.341 e. The van der Waals surface area contributed by atoms with Gasteiger partial charge < -0.3 is 16.0 Å². The summed E-state index contributed by atoms with van der Waals surface area (Å²) in [6, 6.07) is 5.84. The van der Waals surface area contributed by atoms with Crippen LogP contribution in [0, 0.1) is 0 Å². The zero-order chi connectivity index (χ0) is 10.7. The molecule has 2 rings (SSSR count). The van der Waals surface area contributed by atoms with Gasteiger partial charge in [-0.25, -0.2) is 4.79 Å². The van der Waals surface area contributed by atoms with Gasteiger partial charge in [0, 0.05) is 19.3 Å². The Morgan fingerprint density at radius 1 is 1.47 bits per heavy atom. The molecule has 1 aromatic carbocycles. The van der Waals surface area contributed by atoms with Crippen LogP contribution in [0.15, 0.2) is 18.2 Å². The van der Waals surface area contributed by atoms with Gasteiger partial charge in [-0.2, -0.15) is 0 Å². The van der Waals surface area contributed by atoms with Crippen molar-refractivity contribution in [3.8, 4) is 0 Å². The van der Waals surface area contributed by atoms with Crippen molar-refractivity contribution in [2.75, 3.05) is 18.9 Å². The number of carbonyl (C=O) groups excluding carboxylic acids is 1. The van der Waals surface area contributed by atoms with Gasteiger partial charge in [-0.15, -0.1) is 0 Å². The Labute approximate surface area is 89.1 Å². The zero-order valence-corrected chi connectivity index (χ0v) is 8.76. The summed E-state index contributed by atoms with van der Waals surface area (Å²) in [5, 5.41) is 8.70. The van der Waals surface area contributed by atoms with E-state index in [-0.39, 0.29) is 6.03 Å². The van der Waals surface area contributed by atoms with Gasteiger partial charge >= 0.3 is 6.03 Å². The molecule has 2 amide bonds. The highest BCUT2D eigenvalue weighted by atomic mass is 16.2. The molecule has 0 radical (unpaired) electrons. The van der Waals surface area contributed by atoms with Crippen molar-refractivity contribution in [1.29, 1.82) is 0 Å². The number of amides is 2. The number of carbonyl (C=O) groups is 1. The van der Waals surface area contributed by atoms with E-state index in [2.05, 4.69) is 22.0 Å². The van der Waals surface area contributed by atoms with Crippen LogP contribution in [0.2, 0.25) is 0 Å². The molecule has 0 fully saturated rings. The lowest BCUT2D eigenvalue weighted by Gasteiger charge is -2.20. The lowest BCUT2D eigenvalue weighted by Crippen LogP contribution is -2.28. The second-order valence-electron chi connectivity index (χ2n) is 3.57. The average molecular weight is 205 g/mol. The normalized spacial score (nSPS) is 14.2. The Bertz CT molecular complexity index is 376. The number of urea groups is 1. The van der Waals surface area contributed by atoms with Gasteiger partial charge in [-0.05, 0) is 30.2 Å². The number of fused-ring (bicyclic) bond motifs is 1. The summed E-state index contributed by atoms with van der Waals surface area (Å²) < 4.78 is 0. The summed E-state index contributed by atoms with van der Waals surface area (Å²) in [5.41, 5.74) is 3.45. The smallest absolute Gasteiger partial charge is 0.318 e. The molecule has 15 heavy (non-hydrogen) atoms. The lowest BCUT2D eigenvalue weighted by molar-refractivity contribution is 0.254. The Balaban J connectivity index is 2.27. The molecule has 4 nitrogen and oxygen atoms in total. The third-order valence-electron chi connectivity index (χ3n) is 2.62. The molecule has 0 bridgehead atoms. The summed E-state index contributed by atoms with van der Waals surface area (Å²) in [6.07, 6.45) is 0.968. The predicted molar refractivity (Wildman–Crippen MR) is 59.9 cm³/mol. The topological polar surface area (TPSA) is 53.2 Å². The number of anilines is 1. The maximum absolute atomic E-state index is 11.2. The van der Waals surface area contributed by atoms with Crippen molar-refractivity contribution in [3.63, 3.8) is 0 Å².